The summed E-state index contributed by atoms with van der Waals surface area (Å²) in [5.41, 5.74) is 7.20. The second kappa shape index (κ2) is 4.76. The van der Waals surface area contributed by atoms with E-state index in [0.29, 0.717) is 18.1 Å². The van der Waals surface area contributed by atoms with E-state index >= 15 is 0 Å². The molecule has 0 aliphatic carbocycles. The van der Waals surface area contributed by atoms with Crippen molar-refractivity contribution < 1.29 is 0 Å². The summed E-state index contributed by atoms with van der Waals surface area (Å²) in [5.74, 6) is 0.531. The molecule has 0 spiro atoms. The predicted octanol–water partition coefficient (Wildman–Crippen LogP) is 1.72. The first-order valence-electron chi connectivity index (χ1n) is 4.66. The van der Waals surface area contributed by atoms with Crippen molar-refractivity contribution in [2.45, 2.75) is 6.54 Å². The quantitative estimate of drug-likeness (QED) is 0.793. The molecule has 82 valence electrons. The molecule has 0 atom stereocenters. The minimum atomic E-state index is 0.169. The Morgan fingerprint density at radius 2 is 2.25 bits per heavy atom. The van der Waals surface area contributed by atoms with Crippen molar-refractivity contribution in [2.24, 2.45) is 0 Å². The van der Waals surface area contributed by atoms with Crippen LogP contribution in [0.2, 0.25) is 5.28 Å². The molecule has 2 heterocycles. The van der Waals surface area contributed by atoms with Gasteiger partial charge in [0, 0.05) is 18.9 Å². The maximum Gasteiger partial charge on any atom is 0.224 e. The fraction of sp³-hybridized carbons (Fsp3) is 0.100. The molecule has 0 radical (unpaired) electrons. The van der Waals surface area contributed by atoms with Gasteiger partial charge in [-0.25, -0.2) is 4.98 Å². The molecular formula is C10H10ClN5. The molecule has 16 heavy (non-hydrogen) atoms. The minimum Gasteiger partial charge on any atom is -0.394 e. The van der Waals surface area contributed by atoms with Gasteiger partial charge in [-0.2, -0.15) is 4.98 Å². The van der Waals surface area contributed by atoms with Crippen LogP contribution in [0.4, 0.5) is 11.5 Å². The second-order valence-corrected chi connectivity index (χ2v) is 3.50. The number of nitrogens with zero attached hydrogens (tertiary/aromatic N) is 3. The molecular weight excluding hydrogens is 226 g/mol. The lowest BCUT2D eigenvalue weighted by Crippen LogP contribution is -2.05. The molecule has 3 N–H and O–H groups in total. The third-order valence-electron chi connectivity index (χ3n) is 1.97. The van der Waals surface area contributed by atoms with Crippen LogP contribution in [0.15, 0.2) is 30.7 Å². The number of halogens is 1. The van der Waals surface area contributed by atoms with Crippen molar-refractivity contribution in [3.63, 3.8) is 0 Å². The molecule has 6 heteroatoms. The van der Waals surface area contributed by atoms with Gasteiger partial charge < -0.3 is 11.1 Å². The maximum atomic E-state index is 5.69. The van der Waals surface area contributed by atoms with Gasteiger partial charge in [0.05, 0.1) is 11.9 Å². The summed E-state index contributed by atoms with van der Waals surface area (Å²) < 4.78 is 0. The van der Waals surface area contributed by atoms with E-state index in [2.05, 4.69) is 20.3 Å². The number of anilines is 2. The lowest BCUT2D eigenvalue weighted by atomic mass is 10.3. The third kappa shape index (κ3) is 2.58. The molecule has 2 rings (SSSR count). The smallest absolute Gasteiger partial charge is 0.224 e. The van der Waals surface area contributed by atoms with Gasteiger partial charge in [-0.15, -0.1) is 0 Å². The fourth-order valence-corrected chi connectivity index (χ4v) is 1.33. The Morgan fingerprint density at radius 3 is 3.00 bits per heavy atom. The molecule has 0 aliphatic rings. The fourth-order valence-electron chi connectivity index (χ4n) is 1.20. The van der Waals surface area contributed by atoms with Crippen LogP contribution >= 0.6 is 11.6 Å². The van der Waals surface area contributed by atoms with E-state index in [4.69, 9.17) is 17.3 Å². The van der Waals surface area contributed by atoms with Gasteiger partial charge in [0.2, 0.25) is 5.28 Å². The largest absolute Gasteiger partial charge is 0.394 e. The molecule has 0 fully saturated rings. The van der Waals surface area contributed by atoms with E-state index in [1.54, 1.807) is 12.4 Å². The number of pyridine rings is 1. The van der Waals surface area contributed by atoms with Crippen molar-refractivity contribution >= 4 is 23.1 Å². The summed E-state index contributed by atoms with van der Waals surface area (Å²) in [7, 11) is 0. The highest BCUT2D eigenvalue weighted by molar-refractivity contribution is 6.28. The first-order chi connectivity index (χ1) is 7.75. The number of nitrogens with one attached hydrogen (secondary N) is 1. The molecule has 0 saturated carbocycles. The Balaban J connectivity index is 2.08. The molecule has 0 amide bonds. The highest BCUT2D eigenvalue weighted by Crippen LogP contribution is 2.16. The molecule has 0 saturated heterocycles. The average Bonchev–Trinajstić information content (AvgIpc) is 2.32. The first kappa shape index (κ1) is 10.6. The van der Waals surface area contributed by atoms with Gasteiger partial charge in [0.25, 0.3) is 0 Å². The molecule has 0 bridgehead atoms. The number of nitrogen functional groups attached to an aromatic ring is 1. The molecule has 2 aromatic rings. The predicted molar refractivity (Wildman–Crippen MR) is 63.0 cm³/mol. The monoisotopic (exact) mass is 235 g/mol. The van der Waals surface area contributed by atoms with Crippen molar-refractivity contribution in [1.29, 1.82) is 0 Å². The maximum absolute atomic E-state index is 5.69. The van der Waals surface area contributed by atoms with Crippen molar-refractivity contribution in [2.75, 3.05) is 11.1 Å². The summed E-state index contributed by atoms with van der Waals surface area (Å²) in [6.45, 7) is 0.589. The van der Waals surface area contributed by atoms with Gasteiger partial charge in [-0.05, 0) is 23.2 Å². The van der Waals surface area contributed by atoms with E-state index in [1.807, 2.05) is 12.1 Å². The van der Waals surface area contributed by atoms with Crippen molar-refractivity contribution in [3.8, 4) is 0 Å². The number of aromatic nitrogens is 3. The van der Waals surface area contributed by atoms with Gasteiger partial charge in [-0.3, -0.25) is 4.98 Å². The van der Waals surface area contributed by atoms with Gasteiger partial charge in [0.15, 0.2) is 5.82 Å². The van der Waals surface area contributed by atoms with Crippen molar-refractivity contribution in [1.82, 2.24) is 15.0 Å². The van der Waals surface area contributed by atoms with Crippen LogP contribution < -0.4 is 11.1 Å². The highest BCUT2D eigenvalue weighted by atomic mass is 35.5. The Labute approximate surface area is 97.7 Å². The van der Waals surface area contributed by atoms with Gasteiger partial charge >= 0.3 is 0 Å². The van der Waals surface area contributed by atoms with E-state index < -0.39 is 0 Å². The summed E-state index contributed by atoms with van der Waals surface area (Å²) >= 11 is 5.67. The Kier molecular flexibility index (Phi) is 3.16. The third-order valence-corrected chi connectivity index (χ3v) is 2.15. The normalized spacial score (nSPS) is 10.1. The second-order valence-electron chi connectivity index (χ2n) is 3.16. The SMILES string of the molecule is Nc1cnc(Cl)nc1NCc1cccnc1. The van der Waals surface area contributed by atoms with Gasteiger partial charge in [0.1, 0.15) is 0 Å². The number of hydrogen-bond donors (Lipinski definition) is 2. The van der Waals surface area contributed by atoms with Crippen LogP contribution in [0, 0.1) is 0 Å². The Hall–Kier alpha value is -1.88. The highest BCUT2D eigenvalue weighted by Gasteiger charge is 2.02. The number of rotatable bonds is 3. The van der Waals surface area contributed by atoms with Crippen molar-refractivity contribution in [3.05, 3.63) is 41.6 Å². The zero-order valence-corrected chi connectivity index (χ0v) is 9.15. The van der Waals surface area contributed by atoms with E-state index in [-0.39, 0.29) is 5.28 Å². The van der Waals surface area contributed by atoms with Gasteiger partial charge in [-0.1, -0.05) is 6.07 Å². The minimum absolute atomic E-state index is 0.169. The molecule has 2 aromatic heterocycles. The summed E-state index contributed by atoms with van der Waals surface area (Å²) in [6, 6.07) is 3.83. The Morgan fingerprint density at radius 1 is 1.38 bits per heavy atom. The molecule has 0 aromatic carbocycles. The average molecular weight is 236 g/mol. The van der Waals surface area contributed by atoms with Crippen LogP contribution in [0.25, 0.3) is 0 Å². The van der Waals surface area contributed by atoms with Crippen LogP contribution in [0.3, 0.4) is 0 Å². The first-order valence-corrected chi connectivity index (χ1v) is 5.04. The zero-order chi connectivity index (χ0) is 11.4. The number of nitrogens with two attached hydrogens (primary N) is 1. The lowest BCUT2D eigenvalue weighted by molar-refractivity contribution is 1.07. The standard InChI is InChI=1S/C10H10ClN5/c11-10-15-6-8(12)9(16-10)14-5-7-2-1-3-13-4-7/h1-4,6H,5,12H2,(H,14,15,16). The van der Waals surface area contributed by atoms with E-state index in [9.17, 15) is 0 Å². The topological polar surface area (TPSA) is 76.7 Å². The molecule has 5 nitrogen and oxygen atoms in total. The van der Waals surface area contributed by atoms with Crippen LogP contribution in [-0.2, 0) is 6.54 Å². The lowest BCUT2D eigenvalue weighted by Gasteiger charge is -2.07. The molecule has 0 aliphatic heterocycles. The van der Waals surface area contributed by atoms with E-state index in [1.165, 1.54) is 6.20 Å². The number of hydrogen-bond acceptors (Lipinski definition) is 5. The summed E-state index contributed by atoms with van der Waals surface area (Å²) in [5, 5.41) is 3.24. The van der Waals surface area contributed by atoms with Crippen LogP contribution in [-0.4, -0.2) is 15.0 Å². The summed E-state index contributed by atoms with van der Waals surface area (Å²) in [4.78, 5) is 11.8. The van der Waals surface area contributed by atoms with Crippen LogP contribution in [0.5, 0.6) is 0 Å². The Bertz CT molecular complexity index is 474. The molecule has 0 unspecified atom stereocenters. The summed E-state index contributed by atoms with van der Waals surface area (Å²) in [6.07, 6.45) is 4.96. The zero-order valence-electron chi connectivity index (χ0n) is 8.39. The van der Waals surface area contributed by atoms with Crippen LogP contribution in [0.1, 0.15) is 5.56 Å². The van der Waals surface area contributed by atoms with E-state index in [0.717, 1.165) is 5.56 Å².